The lowest BCUT2D eigenvalue weighted by Crippen LogP contribution is -2.28. The fourth-order valence-corrected chi connectivity index (χ4v) is 2.58. The first-order valence-electron chi connectivity index (χ1n) is 8.51. The molecule has 0 bridgehead atoms. The van der Waals surface area contributed by atoms with E-state index in [-0.39, 0.29) is 12.5 Å². The Morgan fingerprint density at radius 2 is 1.93 bits per heavy atom. The number of benzene rings is 1. The van der Waals surface area contributed by atoms with Crippen LogP contribution in [0.15, 0.2) is 35.0 Å². The van der Waals surface area contributed by atoms with Crippen LogP contribution in [-0.2, 0) is 6.54 Å². The van der Waals surface area contributed by atoms with Gasteiger partial charge in [0.05, 0.1) is 11.3 Å². The number of aromatic nitrogens is 4. The highest BCUT2D eigenvalue weighted by molar-refractivity contribution is 5.94. The Labute approximate surface area is 157 Å². The van der Waals surface area contributed by atoms with Crippen molar-refractivity contribution in [3.05, 3.63) is 53.2 Å². The van der Waals surface area contributed by atoms with Crippen molar-refractivity contribution < 1.29 is 9.32 Å². The molecule has 0 radical (unpaired) electrons. The van der Waals surface area contributed by atoms with Gasteiger partial charge in [-0.1, -0.05) is 28.9 Å². The van der Waals surface area contributed by atoms with Gasteiger partial charge in [0, 0.05) is 32.9 Å². The minimum absolute atomic E-state index is 0.201. The first-order valence-corrected chi connectivity index (χ1v) is 8.51. The summed E-state index contributed by atoms with van der Waals surface area (Å²) in [7, 11) is 5.38. The van der Waals surface area contributed by atoms with Crippen molar-refractivity contribution in [3.63, 3.8) is 0 Å². The van der Waals surface area contributed by atoms with Crippen molar-refractivity contribution in [2.45, 2.75) is 20.4 Å². The van der Waals surface area contributed by atoms with E-state index in [4.69, 9.17) is 4.52 Å². The lowest BCUT2D eigenvalue weighted by atomic mass is 10.1. The Morgan fingerprint density at radius 3 is 2.59 bits per heavy atom. The minimum atomic E-state index is -0.201. The molecule has 0 fully saturated rings. The molecular formula is C19H22N6O2. The highest BCUT2D eigenvalue weighted by atomic mass is 16.5. The van der Waals surface area contributed by atoms with Gasteiger partial charge in [0.25, 0.3) is 5.91 Å². The molecule has 140 valence electrons. The van der Waals surface area contributed by atoms with E-state index in [1.54, 1.807) is 25.1 Å². The Balaban J connectivity index is 1.74. The number of nitrogens with zero attached hydrogens (tertiary/aromatic N) is 6. The van der Waals surface area contributed by atoms with Gasteiger partial charge in [0.15, 0.2) is 0 Å². The molecule has 0 saturated heterocycles. The normalized spacial score (nSPS) is 10.7. The van der Waals surface area contributed by atoms with E-state index in [0.717, 1.165) is 11.1 Å². The molecule has 2 heterocycles. The number of hydrogen-bond donors (Lipinski definition) is 0. The maximum absolute atomic E-state index is 12.7. The topological polar surface area (TPSA) is 88.3 Å². The second-order valence-electron chi connectivity index (χ2n) is 6.61. The average Bonchev–Trinajstić information content (AvgIpc) is 3.09. The minimum Gasteiger partial charge on any atom is -0.347 e. The number of amides is 1. The van der Waals surface area contributed by atoms with Crippen LogP contribution in [0, 0.1) is 13.8 Å². The molecule has 3 aromatic rings. The van der Waals surface area contributed by atoms with E-state index in [1.165, 1.54) is 4.90 Å². The first-order chi connectivity index (χ1) is 12.8. The second-order valence-corrected chi connectivity index (χ2v) is 6.61. The Hall–Kier alpha value is -3.29. The Kier molecular flexibility index (Phi) is 5.16. The summed E-state index contributed by atoms with van der Waals surface area (Å²) in [6.45, 7) is 3.99. The van der Waals surface area contributed by atoms with Crippen LogP contribution in [0.1, 0.15) is 27.5 Å². The summed E-state index contributed by atoms with van der Waals surface area (Å²) in [5, 5.41) is 4.01. The van der Waals surface area contributed by atoms with Crippen molar-refractivity contribution in [2.24, 2.45) is 0 Å². The van der Waals surface area contributed by atoms with Crippen LogP contribution in [0.5, 0.6) is 0 Å². The molecule has 0 unspecified atom stereocenters. The Morgan fingerprint density at radius 1 is 1.15 bits per heavy atom. The van der Waals surface area contributed by atoms with E-state index in [2.05, 4.69) is 20.1 Å². The molecule has 0 aliphatic carbocycles. The fraction of sp³-hybridized carbons (Fsp3) is 0.316. The third-order valence-corrected chi connectivity index (χ3v) is 4.06. The number of carbonyl (C=O) groups is 1. The van der Waals surface area contributed by atoms with Crippen LogP contribution >= 0.6 is 0 Å². The second kappa shape index (κ2) is 7.53. The van der Waals surface area contributed by atoms with Crippen LogP contribution in [-0.4, -0.2) is 52.1 Å². The quantitative estimate of drug-likeness (QED) is 0.685. The SMILES string of the molecule is Cc1cccc(-c2noc(CN(C)C(=O)c3cnc(N(C)C)nc3C)n2)c1. The highest BCUT2D eigenvalue weighted by Crippen LogP contribution is 2.18. The highest BCUT2D eigenvalue weighted by Gasteiger charge is 2.19. The van der Waals surface area contributed by atoms with Crippen LogP contribution in [0.3, 0.4) is 0 Å². The van der Waals surface area contributed by atoms with E-state index in [0.29, 0.717) is 28.9 Å². The monoisotopic (exact) mass is 366 g/mol. The van der Waals surface area contributed by atoms with Gasteiger partial charge in [-0.05, 0) is 19.9 Å². The molecule has 8 nitrogen and oxygen atoms in total. The van der Waals surface area contributed by atoms with E-state index in [9.17, 15) is 4.79 Å². The van der Waals surface area contributed by atoms with E-state index in [1.807, 2.05) is 45.3 Å². The van der Waals surface area contributed by atoms with Gasteiger partial charge in [-0.25, -0.2) is 9.97 Å². The van der Waals surface area contributed by atoms with Crippen molar-refractivity contribution in [1.82, 2.24) is 25.0 Å². The van der Waals surface area contributed by atoms with Gasteiger partial charge in [0.2, 0.25) is 17.7 Å². The predicted molar refractivity (Wildman–Crippen MR) is 101 cm³/mol. The summed E-state index contributed by atoms with van der Waals surface area (Å²) >= 11 is 0. The van der Waals surface area contributed by atoms with Crippen LogP contribution in [0.4, 0.5) is 5.95 Å². The molecule has 0 N–H and O–H groups in total. The van der Waals surface area contributed by atoms with Crippen LogP contribution in [0.2, 0.25) is 0 Å². The molecule has 27 heavy (non-hydrogen) atoms. The molecule has 2 aromatic heterocycles. The zero-order valence-corrected chi connectivity index (χ0v) is 16.1. The summed E-state index contributed by atoms with van der Waals surface area (Å²) in [5.74, 6) is 1.23. The molecule has 0 saturated carbocycles. The maximum Gasteiger partial charge on any atom is 0.257 e. The van der Waals surface area contributed by atoms with Crippen molar-refractivity contribution in [1.29, 1.82) is 0 Å². The molecule has 0 aliphatic rings. The van der Waals surface area contributed by atoms with E-state index >= 15 is 0 Å². The smallest absolute Gasteiger partial charge is 0.257 e. The molecule has 0 spiro atoms. The number of carbonyl (C=O) groups excluding carboxylic acids is 1. The van der Waals surface area contributed by atoms with Gasteiger partial charge in [0.1, 0.15) is 6.54 Å². The molecule has 3 rings (SSSR count). The van der Waals surface area contributed by atoms with Crippen molar-refractivity contribution in [3.8, 4) is 11.4 Å². The zero-order chi connectivity index (χ0) is 19.6. The molecule has 1 amide bonds. The summed E-state index contributed by atoms with van der Waals surface area (Å²) in [4.78, 5) is 29.0. The molecule has 0 aliphatic heterocycles. The average molecular weight is 366 g/mol. The standard InChI is InChI=1S/C19H22N6O2/c1-12-7-6-8-14(9-12)17-22-16(27-23-17)11-25(5)18(26)15-10-20-19(24(3)4)21-13(15)2/h6-10H,11H2,1-5H3. The molecular weight excluding hydrogens is 344 g/mol. The third kappa shape index (κ3) is 4.11. The Bertz CT molecular complexity index is 966. The number of anilines is 1. The zero-order valence-electron chi connectivity index (χ0n) is 16.1. The first kappa shape index (κ1) is 18.5. The van der Waals surface area contributed by atoms with Gasteiger partial charge in [-0.3, -0.25) is 4.79 Å². The fourth-order valence-electron chi connectivity index (χ4n) is 2.58. The third-order valence-electron chi connectivity index (χ3n) is 4.06. The van der Waals surface area contributed by atoms with Crippen molar-refractivity contribution in [2.75, 3.05) is 26.0 Å². The van der Waals surface area contributed by atoms with Crippen LogP contribution in [0.25, 0.3) is 11.4 Å². The summed E-state index contributed by atoms with van der Waals surface area (Å²) in [6.07, 6.45) is 1.54. The molecule has 0 atom stereocenters. The predicted octanol–water partition coefficient (Wildman–Crippen LogP) is 2.48. The van der Waals surface area contributed by atoms with E-state index < -0.39 is 0 Å². The lowest BCUT2D eigenvalue weighted by molar-refractivity contribution is 0.0768. The summed E-state index contributed by atoms with van der Waals surface area (Å²) < 4.78 is 5.30. The van der Waals surface area contributed by atoms with Crippen molar-refractivity contribution >= 4 is 11.9 Å². The summed E-state index contributed by atoms with van der Waals surface area (Å²) in [5.41, 5.74) is 3.06. The molecule has 8 heteroatoms. The van der Waals surface area contributed by atoms with Crippen LogP contribution < -0.4 is 4.90 Å². The van der Waals surface area contributed by atoms with Gasteiger partial charge >= 0.3 is 0 Å². The maximum atomic E-state index is 12.7. The van der Waals surface area contributed by atoms with Gasteiger partial charge < -0.3 is 14.3 Å². The number of rotatable bonds is 5. The van der Waals surface area contributed by atoms with Gasteiger partial charge in [-0.15, -0.1) is 0 Å². The largest absolute Gasteiger partial charge is 0.347 e. The number of hydrogen-bond acceptors (Lipinski definition) is 7. The summed E-state index contributed by atoms with van der Waals surface area (Å²) in [6, 6.07) is 7.85. The van der Waals surface area contributed by atoms with Gasteiger partial charge in [-0.2, -0.15) is 4.98 Å². The lowest BCUT2D eigenvalue weighted by Gasteiger charge is -2.17. The molecule has 1 aromatic carbocycles. The number of aryl methyl sites for hydroxylation is 2.